The zero-order valence-electron chi connectivity index (χ0n) is 29.7. The molecule has 3 aliphatic rings. The van der Waals surface area contributed by atoms with Gasteiger partial charge in [-0.2, -0.15) is 0 Å². The minimum absolute atomic E-state index is 0.0696. The van der Waals surface area contributed by atoms with Crippen molar-refractivity contribution in [2.45, 2.75) is 57.7 Å². The Labute approximate surface area is 295 Å². The topological polar surface area (TPSA) is 108 Å². The number of carbonyl (C=O) groups is 2. The molecule has 51 heavy (non-hydrogen) atoms. The molecule has 2 amide bonds. The molecule has 3 aromatic rings. The van der Waals surface area contributed by atoms with Crippen LogP contribution in [0.5, 0.6) is 11.5 Å². The molecule has 0 radical (unpaired) electrons. The summed E-state index contributed by atoms with van der Waals surface area (Å²) >= 11 is 0. The average molecular weight is 711 g/mol. The Hall–Kier alpha value is -4.56. The second-order valence-corrected chi connectivity index (χ2v) is 13.7. The van der Waals surface area contributed by atoms with Gasteiger partial charge in [0.2, 0.25) is 11.8 Å². The fourth-order valence-corrected chi connectivity index (χ4v) is 7.53. The van der Waals surface area contributed by atoms with Gasteiger partial charge in [0, 0.05) is 75.7 Å². The molecule has 2 unspecified atom stereocenters. The van der Waals surface area contributed by atoms with Crippen LogP contribution in [0.4, 0.5) is 24.5 Å². The third-order valence-electron chi connectivity index (χ3n) is 10.5. The largest absolute Gasteiger partial charge is 0.496 e. The first-order valence-electron chi connectivity index (χ1n) is 17.2. The molecule has 2 aromatic carbocycles. The molecule has 0 aliphatic carbocycles. The zero-order valence-corrected chi connectivity index (χ0v) is 29.7. The molecule has 11 nitrogen and oxygen atoms in total. The Bertz CT molecular complexity index is 1850. The summed E-state index contributed by atoms with van der Waals surface area (Å²) in [6, 6.07) is 6.79. The van der Waals surface area contributed by atoms with E-state index in [1.165, 1.54) is 10.6 Å². The number of piperazine rings is 1. The van der Waals surface area contributed by atoms with E-state index in [0.29, 0.717) is 73.1 Å². The Balaban J connectivity index is 1.09. The van der Waals surface area contributed by atoms with Gasteiger partial charge in [-0.05, 0) is 68.1 Å². The Morgan fingerprint density at radius 2 is 1.63 bits per heavy atom. The van der Waals surface area contributed by atoms with Gasteiger partial charge in [-0.25, -0.2) is 13.2 Å². The molecule has 274 valence electrons. The van der Waals surface area contributed by atoms with Gasteiger partial charge in [-0.3, -0.25) is 29.5 Å². The molecule has 6 rings (SSSR count). The minimum atomic E-state index is -2.99. The summed E-state index contributed by atoms with van der Waals surface area (Å²) in [5.74, 6) is -3.19. The second kappa shape index (κ2) is 14.6. The van der Waals surface area contributed by atoms with E-state index in [9.17, 15) is 14.4 Å². The van der Waals surface area contributed by atoms with Gasteiger partial charge in [-0.15, -0.1) is 0 Å². The van der Waals surface area contributed by atoms with E-state index in [1.54, 1.807) is 51.4 Å². The van der Waals surface area contributed by atoms with Gasteiger partial charge in [0.25, 0.3) is 11.5 Å². The van der Waals surface area contributed by atoms with E-state index in [1.807, 2.05) is 28.9 Å². The fourth-order valence-electron chi connectivity index (χ4n) is 7.53. The van der Waals surface area contributed by atoms with Crippen molar-refractivity contribution in [2.75, 3.05) is 63.7 Å². The van der Waals surface area contributed by atoms with Crippen molar-refractivity contribution >= 4 is 23.2 Å². The maximum absolute atomic E-state index is 15.9. The summed E-state index contributed by atoms with van der Waals surface area (Å²) in [6.45, 7) is 5.43. The molecule has 2 N–H and O–H groups in total. The van der Waals surface area contributed by atoms with Crippen LogP contribution in [0.1, 0.15) is 36.0 Å². The lowest BCUT2D eigenvalue weighted by Gasteiger charge is -2.46. The van der Waals surface area contributed by atoms with Crippen molar-refractivity contribution in [3.05, 3.63) is 69.4 Å². The lowest BCUT2D eigenvalue weighted by atomic mass is 9.95. The molecule has 3 saturated heterocycles. The maximum Gasteiger partial charge on any atom is 0.275 e. The van der Waals surface area contributed by atoms with Crippen molar-refractivity contribution in [1.82, 2.24) is 19.7 Å². The number of alkyl halides is 2. The number of benzene rings is 2. The number of likely N-dealkylation sites (tertiary alicyclic amines) is 1. The molecule has 1 aromatic heterocycles. The smallest absolute Gasteiger partial charge is 0.275 e. The standard InChI is InChI=1S/C37H45F3N6O5/c1-22-23(2)36(49)43(3)19-26(22)24-16-31(50-4)27(32(17-24)51-5)20-44-11-10-33(37(39,40)21-44)46-14-12-45(13-15-46)30-8-6-25(18-28(30)38)41-29-7-9-34(47)42-35(29)48/h6,8,16-19,29,33,41H,7,9-15,20-21H2,1-5H3,(H,42,47,48). The summed E-state index contributed by atoms with van der Waals surface area (Å²) in [6.07, 6.45) is 2.58. The number of carbonyl (C=O) groups excluding carboxylic acids is 2. The van der Waals surface area contributed by atoms with E-state index < -0.39 is 36.3 Å². The number of aromatic nitrogens is 1. The number of anilines is 2. The molecular formula is C37H45F3N6O5. The van der Waals surface area contributed by atoms with Crippen LogP contribution in [0, 0.1) is 19.7 Å². The number of halogens is 3. The molecule has 3 fully saturated rings. The number of hydrogen-bond acceptors (Lipinski definition) is 9. The van der Waals surface area contributed by atoms with Gasteiger partial charge < -0.3 is 24.3 Å². The van der Waals surface area contributed by atoms with Crippen LogP contribution in [0.2, 0.25) is 0 Å². The first kappa shape index (κ1) is 36.2. The monoisotopic (exact) mass is 710 g/mol. The number of amides is 2. The fraction of sp³-hybridized carbons (Fsp3) is 0.486. The number of hydrogen-bond donors (Lipinski definition) is 2. The lowest BCUT2D eigenvalue weighted by Crippen LogP contribution is -2.61. The molecule has 0 spiro atoms. The highest BCUT2D eigenvalue weighted by Gasteiger charge is 2.48. The van der Waals surface area contributed by atoms with E-state index in [0.717, 1.165) is 16.7 Å². The summed E-state index contributed by atoms with van der Waals surface area (Å²) in [5.41, 5.74) is 4.55. The van der Waals surface area contributed by atoms with E-state index in [2.05, 4.69) is 10.6 Å². The van der Waals surface area contributed by atoms with Crippen LogP contribution in [-0.4, -0.2) is 97.7 Å². The Morgan fingerprint density at radius 1 is 0.941 bits per heavy atom. The van der Waals surface area contributed by atoms with Crippen LogP contribution >= 0.6 is 0 Å². The molecule has 0 bridgehead atoms. The van der Waals surface area contributed by atoms with Crippen molar-refractivity contribution in [3.8, 4) is 22.6 Å². The quantitative estimate of drug-likeness (QED) is 0.318. The summed E-state index contributed by atoms with van der Waals surface area (Å²) < 4.78 is 60.0. The van der Waals surface area contributed by atoms with Gasteiger partial charge in [0.05, 0.1) is 38.1 Å². The predicted octanol–water partition coefficient (Wildman–Crippen LogP) is 4.07. The number of rotatable bonds is 9. The number of aryl methyl sites for hydroxylation is 1. The number of ether oxygens (including phenoxy) is 2. The Morgan fingerprint density at radius 3 is 2.24 bits per heavy atom. The van der Waals surface area contributed by atoms with Crippen LogP contribution in [-0.2, 0) is 23.2 Å². The van der Waals surface area contributed by atoms with Crippen molar-refractivity contribution in [3.63, 3.8) is 0 Å². The van der Waals surface area contributed by atoms with Gasteiger partial charge in [-0.1, -0.05) is 0 Å². The summed E-state index contributed by atoms with van der Waals surface area (Å²) in [7, 11) is 4.79. The first-order chi connectivity index (χ1) is 24.3. The molecular weight excluding hydrogens is 665 g/mol. The third-order valence-corrected chi connectivity index (χ3v) is 10.5. The molecule has 14 heteroatoms. The van der Waals surface area contributed by atoms with E-state index in [-0.39, 0.29) is 30.9 Å². The molecule has 0 saturated carbocycles. The summed E-state index contributed by atoms with van der Waals surface area (Å²) in [5, 5.41) is 5.26. The highest BCUT2D eigenvalue weighted by atomic mass is 19.3. The van der Waals surface area contributed by atoms with Crippen LogP contribution < -0.4 is 30.6 Å². The SMILES string of the molecule is COc1cc(-c2cn(C)c(=O)c(C)c2C)cc(OC)c1CN1CCC(N2CCN(c3ccc(NC4CCC(=O)NC4=O)cc3F)CC2)C(F)(F)C1. The van der Waals surface area contributed by atoms with Crippen LogP contribution in [0.15, 0.2) is 41.3 Å². The van der Waals surface area contributed by atoms with E-state index >= 15 is 13.2 Å². The second-order valence-electron chi connectivity index (χ2n) is 13.7. The van der Waals surface area contributed by atoms with Gasteiger partial charge in [0.1, 0.15) is 23.4 Å². The van der Waals surface area contributed by atoms with Gasteiger partial charge in [0.15, 0.2) is 0 Å². The number of imide groups is 1. The third kappa shape index (κ3) is 7.43. The number of piperidine rings is 2. The normalized spacial score (nSPS) is 21.4. The lowest BCUT2D eigenvalue weighted by molar-refractivity contribution is -0.133. The minimum Gasteiger partial charge on any atom is -0.496 e. The highest BCUT2D eigenvalue weighted by Crippen LogP contribution is 2.39. The number of nitrogens with one attached hydrogen (secondary N) is 2. The number of pyridine rings is 1. The van der Waals surface area contributed by atoms with Gasteiger partial charge >= 0.3 is 0 Å². The average Bonchev–Trinajstić information content (AvgIpc) is 3.10. The first-order valence-corrected chi connectivity index (χ1v) is 17.2. The molecule has 4 heterocycles. The zero-order chi connectivity index (χ0) is 36.6. The molecule has 2 atom stereocenters. The Kier molecular flexibility index (Phi) is 10.4. The summed E-state index contributed by atoms with van der Waals surface area (Å²) in [4.78, 5) is 41.3. The number of nitrogens with zero attached hydrogens (tertiary/aromatic N) is 4. The maximum atomic E-state index is 15.9. The highest BCUT2D eigenvalue weighted by molar-refractivity contribution is 6.01. The number of methoxy groups -OCH3 is 2. The van der Waals surface area contributed by atoms with Crippen molar-refractivity contribution in [2.24, 2.45) is 7.05 Å². The van der Waals surface area contributed by atoms with Crippen LogP contribution in [0.25, 0.3) is 11.1 Å². The van der Waals surface area contributed by atoms with E-state index in [4.69, 9.17) is 9.47 Å². The van der Waals surface area contributed by atoms with Crippen LogP contribution in [0.3, 0.4) is 0 Å². The van der Waals surface area contributed by atoms with Crippen molar-refractivity contribution < 1.29 is 32.2 Å². The molecule has 3 aliphatic heterocycles. The predicted molar refractivity (Wildman–Crippen MR) is 188 cm³/mol. The van der Waals surface area contributed by atoms with Crippen molar-refractivity contribution in [1.29, 1.82) is 0 Å².